The van der Waals surface area contributed by atoms with Crippen LogP contribution in [0.3, 0.4) is 0 Å². The molecule has 4 aromatic rings. The van der Waals surface area contributed by atoms with Gasteiger partial charge < -0.3 is 16.0 Å². The van der Waals surface area contributed by atoms with Gasteiger partial charge in [0.1, 0.15) is 0 Å². The average molecular weight is 479 g/mol. The zero-order chi connectivity index (χ0) is 22.5. The fourth-order valence-corrected chi connectivity index (χ4v) is 5.00. The lowest BCUT2D eigenvalue weighted by molar-refractivity contribution is -0.115. The minimum Gasteiger partial charge on any atom is -0.332 e. The van der Waals surface area contributed by atoms with E-state index in [1.54, 1.807) is 0 Å². The molecule has 1 aromatic heterocycles. The van der Waals surface area contributed by atoms with Gasteiger partial charge in [-0.05, 0) is 68.5 Å². The molecule has 0 saturated heterocycles. The van der Waals surface area contributed by atoms with Crippen LogP contribution in [-0.4, -0.2) is 21.3 Å². The fraction of sp³-hybridized carbons (Fsp3) is 0.125. The fourth-order valence-electron chi connectivity index (χ4n) is 2.97. The quantitative estimate of drug-likeness (QED) is 0.216. The van der Waals surface area contributed by atoms with Crippen LogP contribution in [0.4, 0.5) is 16.5 Å². The van der Waals surface area contributed by atoms with E-state index in [0.717, 1.165) is 26.5 Å². The van der Waals surface area contributed by atoms with Crippen LogP contribution in [0.2, 0.25) is 0 Å². The second-order valence-electron chi connectivity index (χ2n) is 7.21. The van der Waals surface area contributed by atoms with Gasteiger partial charge in [0.2, 0.25) is 5.91 Å². The van der Waals surface area contributed by atoms with Crippen molar-refractivity contribution in [3.63, 3.8) is 0 Å². The van der Waals surface area contributed by atoms with E-state index in [0.29, 0.717) is 10.2 Å². The highest BCUT2D eigenvalue weighted by Gasteiger charge is 2.16. The Balaban J connectivity index is 1.34. The summed E-state index contributed by atoms with van der Waals surface area (Å²) >= 11 is 8.39. The molecule has 0 bridgehead atoms. The Hall–Kier alpha value is -2.94. The SMILES string of the molecule is Cc1ccc(NC(=S)Nc2cccc(SC(C)C(=O)Nc3nc4ccccc4s3)c2)cc1. The van der Waals surface area contributed by atoms with E-state index in [-0.39, 0.29) is 11.2 Å². The molecule has 0 aliphatic rings. The Morgan fingerprint density at radius 1 is 0.969 bits per heavy atom. The summed E-state index contributed by atoms with van der Waals surface area (Å²) in [4.78, 5) is 18.1. The molecule has 0 aliphatic heterocycles. The smallest absolute Gasteiger partial charge is 0.239 e. The second kappa shape index (κ2) is 10.1. The van der Waals surface area contributed by atoms with Crippen molar-refractivity contribution in [1.29, 1.82) is 0 Å². The van der Waals surface area contributed by atoms with Crippen LogP contribution in [0, 0.1) is 6.92 Å². The lowest BCUT2D eigenvalue weighted by Gasteiger charge is -2.13. The molecule has 5 nitrogen and oxygen atoms in total. The summed E-state index contributed by atoms with van der Waals surface area (Å²) in [5.74, 6) is -0.0797. The Morgan fingerprint density at radius 2 is 1.72 bits per heavy atom. The largest absolute Gasteiger partial charge is 0.332 e. The number of para-hydroxylation sites is 1. The molecule has 3 aromatic carbocycles. The van der Waals surface area contributed by atoms with Crippen LogP contribution in [0.5, 0.6) is 0 Å². The number of anilines is 3. The summed E-state index contributed by atoms with van der Waals surface area (Å²) in [6.45, 7) is 3.93. The molecule has 1 amide bonds. The number of benzene rings is 3. The third-order valence-corrected chi connectivity index (χ3v) is 6.86. The lowest BCUT2D eigenvalue weighted by atomic mass is 10.2. The molecule has 162 valence electrons. The molecule has 1 unspecified atom stereocenters. The number of hydrogen-bond acceptors (Lipinski definition) is 5. The highest BCUT2D eigenvalue weighted by atomic mass is 32.2. The van der Waals surface area contributed by atoms with Gasteiger partial charge >= 0.3 is 0 Å². The number of thiocarbonyl (C=S) groups is 1. The number of amides is 1. The van der Waals surface area contributed by atoms with E-state index >= 15 is 0 Å². The number of fused-ring (bicyclic) bond motifs is 1. The highest BCUT2D eigenvalue weighted by molar-refractivity contribution is 8.00. The van der Waals surface area contributed by atoms with Crippen molar-refractivity contribution >= 4 is 73.1 Å². The molecule has 3 N–H and O–H groups in total. The number of rotatable bonds is 6. The van der Waals surface area contributed by atoms with Crippen molar-refractivity contribution in [3.8, 4) is 0 Å². The van der Waals surface area contributed by atoms with Crippen LogP contribution in [0.25, 0.3) is 10.2 Å². The van der Waals surface area contributed by atoms with Gasteiger partial charge in [0, 0.05) is 16.3 Å². The molecule has 0 aliphatic carbocycles. The summed E-state index contributed by atoms with van der Waals surface area (Å²) in [6.07, 6.45) is 0. The number of nitrogens with one attached hydrogen (secondary N) is 3. The predicted molar refractivity (Wildman–Crippen MR) is 141 cm³/mol. The third kappa shape index (κ3) is 5.85. The molecule has 0 spiro atoms. The lowest BCUT2D eigenvalue weighted by Crippen LogP contribution is -2.22. The van der Waals surface area contributed by atoms with Crippen molar-refractivity contribution in [2.45, 2.75) is 24.0 Å². The number of thiazole rings is 1. The summed E-state index contributed by atoms with van der Waals surface area (Å²) in [5.41, 5.74) is 3.87. The van der Waals surface area contributed by atoms with Gasteiger partial charge in [-0.25, -0.2) is 4.98 Å². The van der Waals surface area contributed by atoms with E-state index < -0.39 is 0 Å². The molecule has 4 rings (SSSR count). The van der Waals surface area contributed by atoms with Crippen molar-refractivity contribution < 1.29 is 4.79 Å². The minimum atomic E-state index is -0.283. The van der Waals surface area contributed by atoms with Crippen molar-refractivity contribution in [3.05, 3.63) is 78.4 Å². The van der Waals surface area contributed by atoms with E-state index in [9.17, 15) is 4.79 Å². The number of carbonyl (C=O) groups is 1. The van der Waals surface area contributed by atoms with Crippen LogP contribution >= 0.6 is 35.3 Å². The molecule has 0 saturated carbocycles. The Morgan fingerprint density at radius 3 is 2.50 bits per heavy atom. The van der Waals surface area contributed by atoms with Gasteiger partial charge in [-0.2, -0.15) is 0 Å². The van der Waals surface area contributed by atoms with Crippen LogP contribution < -0.4 is 16.0 Å². The van der Waals surface area contributed by atoms with Gasteiger partial charge in [0.25, 0.3) is 0 Å². The Bertz CT molecular complexity index is 1220. The van der Waals surface area contributed by atoms with E-state index in [1.807, 2.05) is 86.6 Å². The first kappa shape index (κ1) is 22.3. The van der Waals surface area contributed by atoms with Gasteiger partial charge in [-0.3, -0.25) is 4.79 Å². The van der Waals surface area contributed by atoms with Crippen molar-refractivity contribution in [1.82, 2.24) is 4.98 Å². The third-order valence-electron chi connectivity index (χ3n) is 4.61. The standard InChI is InChI=1S/C24H22N4OS3/c1-15-10-12-17(13-11-15)25-23(30)26-18-6-5-7-19(14-18)31-16(2)22(29)28-24-27-20-8-3-4-9-21(20)32-24/h3-14,16H,1-2H3,(H2,25,26,30)(H,27,28,29). The second-order valence-corrected chi connectivity index (χ2v) is 10.1. The number of carbonyl (C=O) groups excluding carboxylic acids is 1. The normalized spacial score (nSPS) is 11.7. The van der Waals surface area contributed by atoms with Crippen LogP contribution in [0.15, 0.2) is 77.7 Å². The number of thioether (sulfide) groups is 1. The van der Waals surface area contributed by atoms with Crippen molar-refractivity contribution in [2.24, 2.45) is 0 Å². The van der Waals surface area contributed by atoms with Crippen LogP contribution in [0.1, 0.15) is 12.5 Å². The maximum Gasteiger partial charge on any atom is 0.239 e. The van der Waals surface area contributed by atoms with Gasteiger partial charge in [-0.15, -0.1) is 11.8 Å². The first-order chi connectivity index (χ1) is 15.5. The highest BCUT2D eigenvalue weighted by Crippen LogP contribution is 2.29. The molecule has 1 heterocycles. The molecule has 0 fully saturated rings. The first-order valence-corrected chi connectivity index (χ1v) is 12.1. The number of nitrogens with zero attached hydrogens (tertiary/aromatic N) is 1. The zero-order valence-corrected chi connectivity index (χ0v) is 20.0. The van der Waals surface area contributed by atoms with Gasteiger partial charge in [0.15, 0.2) is 10.2 Å². The predicted octanol–water partition coefficient (Wildman–Crippen LogP) is 6.53. The summed E-state index contributed by atoms with van der Waals surface area (Å²) in [7, 11) is 0. The molecule has 32 heavy (non-hydrogen) atoms. The van der Waals surface area contributed by atoms with E-state index in [4.69, 9.17) is 12.2 Å². The molecular weight excluding hydrogens is 456 g/mol. The first-order valence-electron chi connectivity index (χ1n) is 10.0. The Labute approximate surface area is 200 Å². The molecule has 1 atom stereocenters. The average Bonchev–Trinajstić information content (AvgIpc) is 3.18. The minimum absolute atomic E-state index is 0.0797. The topological polar surface area (TPSA) is 66.0 Å². The molecule has 0 radical (unpaired) electrons. The van der Waals surface area contributed by atoms with Crippen LogP contribution in [-0.2, 0) is 4.79 Å². The van der Waals surface area contributed by atoms with Crippen molar-refractivity contribution in [2.75, 3.05) is 16.0 Å². The van der Waals surface area contributed by atoms with Gasteiger partial charge in [-0.1, -0.05) is 47.2 Å². The maximum atomic E-state index is 12.7. The number of aryl methyl sites for hydroxylation is 1. The summed E-state index contributed by atoms with van der Waals surface area (Å²) in [5, 5.41) is 10.2. The number of aromatic nitrogens is 1. The number of hydrogen-bond donors (Lipinski definition) is 3. The molecular formula is C24H22N4OS3. The zero-order valence-electron chi connectivity index (χ0n) is 17.6. The van der Waals surface area contributed by atoms with E-state index in [2.05, 4.69) is 20.9 Å². The van der Waals surface area contributed by atoms with E-state index in [1.165, 1.54) is 28.7 Å². The summed E-state index contributed by atoms with van der Waals surface area (Å²) < 4.78 is 1.05. The Kier molecular flexibility index (Phi) is 7.04. The summed E-state index contributed by atoms with van der Waals surface area (Å²) in [6, 6.07) is 23.7. The molecule has 8 heteroatoms. The maximum absolute atomic E-state index is 12.7. The van der Waals surface area contributed by atoms with Gasteiger partial charge in [0.05, 0.1) is 15.5 Å². The monoisotopic (exact) mass is 478 g/mol.